The number of quaternary nitrogens is 1. The fourth-order valence-electron chi connectivity index (χ4n) is 7.42. The third kappa shape index (κ3) is 5.31. The molecule has 41 heavy (non-hydrogen) atoms. The summed E-state index contributed by atoms with van der Waals surface area (Å²) in [5.41, 5.74) is 4.88. The predicted octanol–water partition coefficient (Wildman–Crippen LogP) is 4.22. The first-order valence-electron chi connectivity index (χ1n) is 14.5. The summed E-state index contributed by atoms with van der Waals surface area (Å²) >= 11 is 0. The molecule has 4 heterocycles. The third-order valence-electron chi connectivity index (χ3n) is 9.49. The van der Waals surface area contributed by atoms with Crippen molar-refractivity contribution >= 4 is 18.6 Å². The van der Waals surface area contributed by atoms with E-state index < -0.39 is 6.10 Å². The summed E-state index contributed by atoms with van der Waals surface area (Å²) in [5.74, 6) is 1.59. The Morgan fingerprint density at radius 2 is 1.85 bits per heavy atom. The highest BCUT2D eigenvalue weighted by Crippen LogP contribution is 2.48. The highest BCUT2D eigenvalue weighted by Gasteiger charge is 2.54. The molecule has 4 aromatic rings. The van der Waals surface area contributed by atoms with Crippen molar-refractivity contribution in [1.29, 1.82) is 0 Å². The zero-order valence-electron chi connectivity index (χ0n) is 23.3. The van der Waals surface area contributed by atoms with Crippen molar-refractivity contribution in [2.24, 2.45) is 11.8 Å². The molecule has 7 heteroatoms. The molecule has 0 spiro atoms. The molecule has 7 rings (SSSR count). The smallest absolute Gasteiger partial charge is 0.537 e. The maximum atomic E-state index is 12.2. The summed E-state index contributed by atoms with van der Waals surface area (Å²) in [7, 11) is 0.698. The van der Waals surface area contributed by atoms with Crippen LogP contribution < -0.4 is 9.22 Å². The number of pyridine rings is 1. The average molecular weight is 550 g/mol. The number of aliphatic hydroxyl groups excluding tert-OH is 2. The molecule has 2 bridgehead atoms. The summed E-state index contributed by atoms with van der Waals surface area (Å²) in [6.07, 6.45) is 5.65. The van der Waals surface area contributed by atoms with Crippen molar-refractivity contribution in [3.05, 3.63) is 120 Å². The van der Waals surface area contributed by atoms with Crippen molar-refractivity contribution in [2.75, 3.05) is 13.1 Å². The molecule has 3 saturated heterocycles. The second-order valence-corrected chi connectivity index (χ2v) is 11.7. The Morgan fingerprint density at radius 3 is 2.63 bits per heavy atom. The number of para-hydroxylation sites is 1. The van der Waals surface area contributed by atoms with E-state index in [0.717, 1.165) is 64.6 Å². The van der Waals surface area contributed by atoms with Gasteiger partial charge in [0, 0.05) is 42.0 Å². The molecule has 3 aliphatic heterocycles. The minimum Gasteiger partial charge on any atom is -0.537 e. The van der Waals surface area contributed by atoms with Crippen LogP contribution in [0.2, 0.25) is 0 Å². The monoisotopic (exact) mass is 549 g/mol. The number of rotatable bonds is 10. The molecular weight excluding hydrogens is 511 g/mol. The average Bonchev–Trinajstić information content (AvgIpc) is 3.02. The van der Waals surface area contributed by atoms with Gasteiger partial charge in [0.15, 0.2) is 12.7 Å². The Morgan fingerprint density at radius 1 is 1.05 bits per heavy atom. The topological polar surface area (TPSA) is 73.8 Å². The van der Waals surface area contributed by atoms with E-state index in [0.29, 0.717) is 31.8 Å². The SMILES string of the molecule is C=CC1C[N+]2(Cc3ccccc3)CCC1CC2C(O)c1cc[n+](Cc2ccccc2O[B]O)c2cc(CO)ccc12. The maximum Gasteiger partial charge on any atom is 0.569 e. The number of aromatic nitrogens is 1. The number of hydrogen-bond acceptors (Lipinski definition) is 4. The Kier molecular flexibility index (Phi) is 7.95. The molecule has 1 radical (unpaired) electrons. The Hall–Kier alpha value is -3.49. The first-order chi connectivity index (χ1) is 20.0. The van der Waals surface area contributed by atoms with Crippen LogP contribution >= 0.6 is 0 Å². The summed E-state index contributed by atoms with van der Waals surface area (Å²) in [6.45, 7) is 7.57. The highest BCUT2D eigenvalue weighted by atomic mass is 16.5. The van der Waals surface area contributed by atoms with Crippen LogP contribution in [0, 0.1) is 11.8 Å². The van der Waals surface area contributed by atoms with Gasteiger partial charge >= 0.3 is 7.69 Å². The van der Waals surface area contributed by atoms with Gasteiger partial charge in [0.05, 0.1) is 30.6 Å². The fourth-order valence-corrected chi connectivity index (χ4v) is 7.42. The van der Waals surface area contributed by atoms with E-state index in [-0.39, 0.29) is 12.6 Å². The predicted molar refractivity (Wildman–Crippen MR) is 160 cm³/mol. The lowest BCUT2D eigenvalue weighted by atomic mass is 9.71. The van der Waals surface area contributed by atoms with Crippen LogP contribution in [0.3, 0.4) is 0 Å². The Bertz CT molecular complexity index is 1530. The molecule has 1 aromatic heterocycles. The van der Waals surface area contributed by atoms with Crippen LogP contribution in [0.25, 0.3) is 10.9 Å². The number of piperidine rings is 3. The normalized spacial score (nSPS) is 24.2. The van der Waals surface area contributed by atoms with Gasteiger partial charge in [-0.15, -0.1) is 6.58 Å². The fraction of sp³-hybridized carbons (Fsp3) is 0.324. The molecule has 6 nitrogen and oxygen atoms in total. The van der Waals surface area contributed by atoms with Crippen LogP contribution in [0.15, 0.2) is 97.7 Å². The van der Waals surface area contributed by atoms with Gasteiger partial charge < -0.3 is 24.4 Å². The maximum absolute atomic E-state index is 12.2. The molecule has 3 N–H and O–H groups in total. The Labute approximate surface area is 242 Å². The Balaban J connectivity index is 1.40. The molecule has 5 unspecified atom stereocenters. The van der Waals surface area contributed by atoms with E-state index in [1.165, 1.54) is 5.56 Å². The molecule has 5 atom stereocenters. The lowest BCUT2D eigenvalue weighted by Gasteiger charge is -2.58. The zero-order chi connectivity index (χ0) is 28.4. The molecule has 209 valence electrons. The van der Waals surface area contributed by atoms with Crippen LogP contribution in [0.1, 0.15) is 41.2 Å². The minimum atomic E-state index is -0.635. The molecule has 0 aliphatic carbocycles. The van der Waals surface area contributed by atoms with E-state index in [2.05, 4.69) is 53.6 Å². The van der Waals surface area contributed by atoms with Gasteiger partial charge in [-0.25, -0.2) is 0 Å². The zero-order valence-corrected chi connectivity index (χ0v) is 23.3. The largest absolute Gasteiger partial charge is 0.569 e. The van der Waals surface area contributed by atoms with Gasteiger partial charge in [0.2, 0.25) is 5.52 Å². The van der Waals surface area contributed by atoms with E-state index in [1.54, 1.807) is 0 Å². The van der Waals surface area contributed by atoms with Crippen LogP contribution in [0.5, 0.6) is 5.75 Å². The first-order valence-corrected chi connectivity index (χ1v) is 14.5. The van der Waals surface area contributed by atoms with Crippen LogP contribution in [-0.4, -0.2) is 46.5 Å². The minimum absolute atomic E-state index is 0.0633. The van der Waals surface area contributed by atoms with Gasteiger partial charge in [0.25, 0.3) is 0 Å². The number of aliphatic hydroxyl groups is 2. The van der Waals surface area contributed by atoms with Crippen LogP contribution in [0.4, 0.5) is 0 Å². The molecule has 3 aliphatic rings. The number of hydrogen-bond donors (Lipinski definition) is 3. The second kappa shape index (κ2) is 11.8. The summed E-state index contributed by atoms with van der Waals surface area (Å²) < 4.78 is 8.32. The molecular formula is C34H38BN2O4+2. The van der Waals surface area contributed by atoms with Gasteiger partial charge in [-0.3, -0.25) is 0 Å². The van der Waals surface area contributed by atoms with Gasteiger partial charge in [-0.2, -0.15) is 4.57 Å². The molecule has 0 amide bonds. The van der Waals surface area contributed by atoms with Crippen molar-refractivity contribution < 1.29 is 28.9 Å². The number of fused-ring (bicyclic) bond motifs is 4. The van der Waals surface area contributed by atoms with Crippen molar-refractivity contribution in [2.45, 2.75) is 44.7 Å². The van der Waals surface area contributed by atoms with Crippen LogP contribution in [-0.2, 0) is 19.7 Å². The third-order valence-corrected chi connectivity index (χ3v) is 9.49. The number of benzene rings is 3. The van der Waals surface area contributed by atoms with Gasteiger partial charge in [-0.1, -0.05) is 54.6 Å². The number of nitrogens with zero attached hydrogens (tertiary/aromatic N) is 2. The van der Waals surface area contributed by atoms with Crippen molar-refractivity contribution in [1.82, 2.24) is 0 Å². The first kappa shape index (κ1) is 27.7. The summed E-state index contributed by atoms with van der Waals surface area (Å²) in [4.78, 5) is 0. The second-order valence-electron chi connectivity index (χ2n) is 11.7. The quantitative estimate of drug-likeness (QED) is 0.120. The van der Waals surface area contributed by atoms with Crippen molar-refractivity contribution in [3.8, 4) is 5.75 Å². The van der Waals surface area contributed by atoms with E-state index >= 15 is 0 Å². The molecule has 3 fully saturated rings. The van der Waals surface area contributed by atoms with E-state index in [9.17, 15) is 15.2 Å². The van der Waals surface area contributed by atoms with E-state index in [4.69, 9.17) is 4.65 Å². The summed E-state index contributed by atoms with van der Waals surface area (Å²) in [5, 5.41) is 32.4. The lowest BCUT2D eigenvalue weighted by molar-refractivity contribution is -0.984. The molecule has 0 saturated carbocycles. The highest BCUT2D eigenvalue weighted by molar-refractivity contribution is 6.17. The lowest BCUT2D eigenvalue weighted by Crippen LogP contribution is -2.67. The molecule has 3 aromatic carbocycles. The van der Waals surface area contributed by atoms with Crippen molar-refractivity contribution in [3.63, 3.8) is 0 Å². The summed E-state index contributed by atoms with van der Waals surface area (Å²) in [6, 6.07) is 26.4. The van der Waals surface area contributed by atoms with Gasteiger partial charge in [0.1, 0.15) is 24.4 Å². The van der Waals surface area contributed by atoms with Gasteiger partial charge in [-0.05, 0) is 29.7 Å². The van der Waals surface area contributed by atoms with E-state index in [1.807, 2.05) is 48.7 Å². The standard InChI is InChI=1S/C34H38BN2O4/c1-2-26-22-37(21-24-8-4-3-5-9-24)17-15-27(26)19-32(37)34(39)30-14-16-36(31-18-25(23-38)12-13-29(30)31)20-28-10-6-7-11-33(28)41-35-40/h2-14,16,18,26-27,32,34,38-40H,1,15,17,19-23H2/q+2.